The summed E-state index contributed by atoms with van der Waals surface area (Å²) >= 11 is 0. The van der Waals surface area contributed by atoms with Crippen LogP contribution in [0.2, 0.25) is 0 Å². The maximum atomic E-state index is 12.6. The Hall–Kier alpha value is -3.26. The highest BCUT2D eigenvalue weighted by molar-refractivity contribution is 5.97. The third kappa shape index (κ3) is 4.78. The first-order valence-corrected chi connectivity index (χ1v) is 9.51. The zero-order chi connectivity index (χ0) is 21.0. The Morgan fingerprint density at radius 1 is 1.03 bits per heavy atom. The van der Waals surface area contributed by atoms with Gasteiger partial charge in [-0.15, -0.1) is 0 Å². The van der Waals surface area contributed by atoms with E-state index < -0.39 is 0 Å². The average molecular weight is 396 g/mol. The van der Waals surface area contributed by atoms with Crippen LogP contribution in [0, 0.1) is 10.1 Å². The van der Waals surface area contributed by atoms with Crippen molar-refractivity contribution in [1.29, 1.82) is 0 Å². The lowest BCUT2D eigenvalue weighted by Crippen LogP contribution is -2.52. The first kappa shape index (κ1) is 20.5. The second-order valence-corrected chi connectivity index (χ2v) is 7.07. The van der Waals surface area contributed by atoms with Gasteiger partial charge in [0, 0.05) is 43.5 Å². The van der Waals surface area contributed by atoms with Gasteiger partial charge in [-0.3, -0.25) is 24.6 Å². The molecule has 152 valence electrons. The number of nitro benzene ring substituents is 1. The van der Waals surface area contributed by atoms with Gasteiger partial charge in [0.25, 0.3) is 5.69 Å². The van der Waals surface area contributed by atoms with E-state index in [9.17, 15) is 19.7 Å². The molecule has 1 atom stereocenters. The molecule has 3 rings (SSSR count). The number of amides is 1. The number of hydrogen-bond donors (Lipinski definition) is 1. The van der Waals surface area contributed by atoms with Crippen LogP contribution in [-0.4, -0.2) is 53.7 Å². The van der Waals surface area contributed by atoms with E-state index in [1.54, 1.807) is 42.5 Å². The second kappa shape index (κ2) is 8.83. The van der Waals surface area contributed by atoms with Gasteiger partial charge >= 0.3 is 0 Å². The molecule has 1 unspecified atom stereocenters. The van der Waals surface area contributed by atoms with Crippen molar-refractivity contribution < 1.29 is 14.5 Å². The van der Waals surface area contributed by atoms with Crippen molar-refractivity contribution in [3.8, 4) is 0 Å². The number of rotatable bonds is 6. The van der Waals surface area contributed by atoms with Crippen molar-refractivity contribution in [2.75, 3.05) is 36.4 Å². The molecule has 1 saturated heterocycles. The minimum Gasteiger partial charge on any atom is -0.363 e. The standard InChI is InChI=1S/C21H24N4O4/c1-15(21(27)22-18-9-7-17(8-10-18)16(2)26)23-11-13-24(14-12-23)19-5-3-4-6-20(19)25(28)29/h3-10,15H,11-14H2,1-2H3,(H,22,27). The lowest BCUT2D eigenvalue weighted by Gasteiger charge is -2.38. The Labute approximate surface area is 169 Å². The summed E-state index contributed by atoms with van der Waals surface area (Å²) in [6.45, 7) is 5.82. The van der Waals surface area contributed by atoms with E-state index in [4.69, 9.17) is 0 Å². The molecule has 8 nitrogen and oxygen atoms in total. The smallest absolute Gasteiger partial charge is 0.292 e. The number of hydrogen-bond acceptors (Lipinski definition) is 6. The summed E-state index contributed by atoms with van der Waals surface area (Å²) in [4.78, 5) is 38.9. The maximum absolute atomic E-state index is 12.6. The number of ketones is 1. The molecule has 1 amide bonds. The second-order valence-electron chi connectivity index (χ2n) is 7.07. The summed E-state index contributed by atoms with van der Waals surface area (Å²) in [5.41, 5.74) is 1.95. The van der Waals surface area contributed by atoms with Crippen LogP contribution in [0.25, 0.3) is 0 Å². The highest BCUT2D eigenvalue weighted by Gasteiger charge is 2.28. The molecular formula is C21H24N4O4. The molecule has 2 aromatic carbocycles. The summed E-state index contributed by atoms with van der Waals surface area (Å²) in [5, 5.41) is 14.1. The first-order valence-electron chi connectivity index (χ1n) is 9.51. The van der Waals surface area contributed by atoms with Gasteiger partial charge in [-0.05, 0) is 44.2 Å². The molecule has 29 heavy (non-hydrogen) atoms. The van der Waals surface area contributed by atoms with Crippen LogP contribution < -0.4 is 10.2 Å². The van der Waals surface area contributed by atoms with Crippen molar-refractivity contribution in [3.63, 3.8) is 0 Å². The molecule has 0 aromatic heterocycles. The lowest BCUT2D eigenvalue weighted by atomic mass is 10.1. The summed E-state index contributed by atoms with van der Waals surface area (Å²) in [6.07, 6.45) is 0. The van der Waals surface area contributed by atoms with Crippen molar-refractivity contribution in [1.82, 2.24) is 4.90 Å². The Balaban J connectivity index is 1.58. The highest BCUT2D eigenvalue weighted by Crippen LogP contribution is 2.28. The fourth-order valence-corrected chi connectivity index (χ4v) is 3.44. The number of Topliss-reactive ketones (excluding diaryl/α,β-unsaturated/α-hetero) is 1. The van der Waals surface area contributed by atoms with Gasteiger partial charge in [0.05, 0.1) is 11.0 Å². The predicted octanol–water partition coefficient (Wildman–Crippen LogP) is 2.95. The zero-order valence-electron chi connectivity index (χ0n) is 16.5. The molecule has 2 aromatic rings. The fourth-order valence-electron chi connectivity index (χ4n) is 3.44. The zero-order valence-corrected chi connectivity index (χ0v) is 16.5. The molecule has 8 heteroatoms. The highest BCUT2D eigenvalue weighted by atomic mass is 16.6. The van der Waals surface area contributed by atoms with Crippen molar-refractivity contribution in [3.05, 3.63) is 64.2 Å². The van der Waals surface area contributed by atoms with E-state index >= 15 is 0 Å². The predicted molar refractivity (Wildman–Crippen MR) is 111 cm³/mol. The van der Waals surface area contributed by atoms with E-state index in [1.807, 2.05) is 11.8 Å². The molecule has 0 spiro atoms. The van der Waals surface area contributed by atoms with Crippen LogP contribution in [0.5, 0.6) is 0 Å². The Morgan fingerprint density at radius 2 is 1.66 bits per heavy atom. The number of carbonyl (C=O) groups is 2. The summed E-state index contributed by atoms with van der Waals surface area (Å²) in [5.74, 6) is -0.146. The van der Waals surface area contributed by atoms with Crippen molar-refractivity contribution in [2.24, 2.45) is 0 Å². The van der Waals surface area contributed by atoms with Gasteiger partial charge in [0.2, 0.25) is 5.91 Å². The molecule has 1 aliphatic rings. The normalized spacial score (nSPS) is 15.6. The number of para-hydroxylation sites is 2. The monoisotopic (exact) mass is 396 g/mol. The number of nitrogens with one attached hydrogen (secondary N) is 1. The van der Waals surface area contributed by atoms with Crippen LogP contribution in [0.1, 0.15) is 24.2 Å². The van der Waals surface area contributed by atoms with E-state index in [2.05, 4.69) is 10.2 Å². The van der Waals surface area contributed by atoms with Crippen LogP contribution in [0.3, 0.4) is 0 Å². The van der Waals surface area contributed by atoms with Crippen LogP contribution in [-0.2, 0) is 4.79 Å². The van der Waals surface area contributed by atoms with Gasteiger partial charge in [-0.2, -0.15) is 0 Å². The minimum atomic E-state index is -0.366. The molecule has 1 fully saturated rings. The van der Waals surface area contributed by atoms with Crippen molar-refractivity contribution in [2.45, 2.75) is 19.9 Å². The molecule has 0 bridgehead atoms. The van der Waals surface area contributed by atoms with E-state index in [-0.39, 0.29) is 28.3 Å². The number of nitrogens with zero attached hydrogens (tertiary/aromatic N) is 3. The lowest BCUT2D eigenvalue weighted by molar-refractivity contribution is -0.384. The minimum absolute atomic E-state index is 0.0206. The van der Waals surface area contributed by atoms with Crippen LogP contribution >= 0.6 is 0 Å². The largest absolute Gasteiger partial charge is 0.363 e. The summed E-state index contributed by atoms with van der Waals surface area (Å²) in [7, 11) is 0. The molecule has 0 aliphatic carbocycles. The maximum Gasteiger partial charge on any atom is 0.292 e. The topological polar surface area (TPSA) is 95.8 Å². The Bertz CT molecular complexity index is 905. The summed E-state index contributed by atoms with van der Waals surface area (Å²) in [6, 6.07) is 13.2. The number of anilines is 2. The van der Waals surface area contributed by atoms with Gasteiger partial charge in [0.15, 0.2) is 5.78 Å². The van der Waals surface area contributed by atoms with E-state index in [0.717, 1.165) is 0 Å². The molecule has 1 N–H and O–H groups in total. The Morgan fingerprint density at radius 3 is 2.24 bits per heavy atom. The SMILES string of the molecule is CC(=O)c1ccc(NC(=O)C(C)N2CCN(c3ccccc3[N+](=O)[O-])CC2)cc1. The van der Waals surface area contributed by atoms with E-state index in [1.165, 1.54) is 13.0 Å². The van der Waals surface area contributed by atoms with Gasteiger partial charge in [-0.1, -0.05) is 12.1 Å². The van der Waals surface area contributed by atoms with Gasteiger partial charge in [-0.25, -0.2) is 0 Å². The summed E-state index contributed by atoms with van der Waals surface area (Å²) < 4.78 is 0. The van der Waals surface area contributed by atoms with Crippen LogP contribution in [0.4, 0.5) is 17.1 Å². The quantitative estimate of drug-likeness (QED) is 0.458. The number of piperazine rings is 1. The molecule has 0 radical (unpaired) electrons. The first-order chi connectivity index (χ1) is 13.9. The van der Waals surface area contributed by atoms with Gasteiger partial charge in [0.1, 0.15) is 5.69 Å². The third-order valence-electron chi connectivity index (χ3n) is 5.22. The van der Waals surface area contributed by atoms with Crippen LogP contribution in [0.15, 0.2) is 48.5 Å². The average Bonchev–Trinajstić information content (AvgIpc) is 2.73. The molecular weight excluding hydrogens is 372 g/mol. The third-order valence-corrected chi connectivity index (χ3v) is 5.22. The Kier molecular flexibility index (Phi) is 6.23. The number of carbonyl (C=O) groups excluding carboxylic acids is 2. The number of benzene rings is 2. The van der Waals surface area contributed by atoms with E-state index in [0.29, 0.717) is 43.1 Å². The molecule has 1 aliphatic heterocycles. The molecule has 1 heterocycles. The number of nitro groups is 1. The van der Waals surface area contributed by atoms with Crippen molar-refractivity contribution >= 4 is 28.8 Å². The fraction of sp³-hybridized carbons (Fsp3) is 0.333. The van der Waals surface area contributed by atoms with Gasteiger partial charge < -0.3 is 10.2 Å². The molecule has 0 saturated carbocycles.